The van der Waals surface area contributed by atoms with Crippen LogP contribution in [0.15, 0.2) is 36.4 Å². The first kappa shape index (κ1) is 18.4. The van der Waals surface area contributed by atoms with Gasteiger partial charge in [0.05, 0.1) is 0 Å². The second kappa shape index (κ2) is 8.84. The first-order valence-electron chi connectivity index (χ1n) is 9.90. The quantitative estimate of drug-likeness (QED) is 0.511. The van der Waals surface area contributed by atoms with E-state index in [9.17, 15) is 5.11 Å². The first-order chi connectivity index (χ1) is 12.7. The summed E-state index contributed by atoms with van der Waals surface area (Å²) in [5, 5.41) is 20.0. The molecule has 0 spiro atoms. The number of unbranched alkanes of at least 4 members (excludes halogenated alkanes) is 4. The number of hydrogen-bond acceptors (Lipinski definition) is 3. The highest BCUT2D eigenvalue weighted by Gasteiger charge is 2.14. The highest BCUT2D eigenvalue weighted by atomic mass is 16.3. The average Bonchev–Trinajstić information content (AvgIpc) is 3.08. The van der Waals surface area contributed by atoms with Crippen molar-refractivity contribution in [3.8, 4) is 11.4 Å². The van der Waals surface area contributed by atoms with Gasteiger partial charge in [0.25, 0.3) is 0 Å². The summed E-state index contributed by atoms with van der Waals surface area (Å²) in [6, 6.07) is 12.0. The molecule has 3 rings (SSSR count). The Labute approximate surface area is 155 Å². The SMILES string of the molecule is CCCCCc1cc(CCCCC)c(O)c(-n2nc3ccccc3n2)c1. The maximum absolute atomic E-state index is 10.9. The van der Waals surface area contributed by atoms with Crippen molar-refractivity contribution in [1.82, 2.24) is 15.0 Å². The van der Waals surface area contributed by atoms with E-state index in [1.165, 1.54) is 37.7 Å². The van der Waals surface area contributed by atoms with Crippen LogP contribution in [0.1, 0.15) is 63.5 Å². The van der Waals surface area contributed by atoms with E-state index >= 15 is 0 Å². The van der Waals surface area contributed by atoms with Crippen LogP contribution in [0, 0.1) is 0 Å². The number of aromatic hydroxyl groups is 1. The van der Waals surface area contributed by atoms with Gasteiger partial charge in [-0.3, -0.25) is 0 Å². The minimum absolute atomic E-state index is 0.320. The molecular weight excluding hydrogens is 322 g/mol. The van der Waals surface area contributed by atoms with Gasteiger partial charge in [-0.05, 0) is 55.0 Å². The third-order valence-corrected chi connectivity index (χ3v) is 4.85. The Morgan fingerprint density at radius 3 is 2.08 bits per heavy atom. The minimum atomic E-state index is 0.320. The highest BCUT2D eigenvalue weighted by molar-refractivity contribution is 5.73. The predicted octanol–water partition coefficient (Wildman–Crippen LogP) is 5.59. The van der Waals surface area contributed by atoms with E-state index in [2.05, 4.69) is 30.1 Å². The summed E-state index contributed by atoms with van der Waals surface area (Å²) in [7, 11) is 0. The van der Waals surface area contributed by atoms with E-state index in [-0.39, 0.29) is 0 Å². The van der Waals surface area contributed by atoms with Gasteiger partial charge in [0.1, 0.15) is 22.5 Å². The summed E-state index contributed by atoms with van der Waals surface area (Å²) < 4.78 is 0. The van der Waals surface area contributed by atoms with Crippen molar-refractivity contribution in [2.75, 3.05) is 0 Å². The van der Waals surface area contributed by atoms with Gasteiger partial charge >= 0.3 is 0 Å². The Balaban J connectivity index is 1.97. The van der Waals surface area contributed by atoms with E-state index in [4.69, 9.17) is 0 Å². The second-order valence-electron chi connectivity index (χ2n) is 7.02. The van der Waals surface area contributed by atoms with Crippen LogP contribution in [0.4, 0.5) is 0 Å². The molecule has 4 nitrogen and oxygen atoms in total. The molecule has 0 aliphatic carbocycles. The van der Waals surface area contributed by atoms with Crippen LogP contribution in [0.25, 0.3) is 16.7 Å². The Morgan fingerprint density at radius 1 is 0.846 bits per heavy atom. The Morgan fingerprint density at radius 2 is 1.46 bits per heavy atom. The summed E-state index contributed by atoms with van der Waals surface area (Å²) in [5.41, 5.74) is 4.66. The molecule has 0 fully saturated rings. The fourth-order valence-corrected chi connectivity index (χ4v) is 3.34. The predicted molar refractivity (Wildman–Crippen MR) is 107 cm³/mol. The molecule has 26 heavy (non-hydrogen) atoms. The molecule has 0 amide bonds. The van der Waals surface area contributed by atoms with Crippen molar-refractivity contribution >= 4 is 11.0 Å². The van der Waals surface area contributed by atoms with Crippen molar-refractivity contribution in [3.05, 3.63) is 47.5 Å². The van der Waals surface area contributed by atoms with Gasteiger partial charge < -0.3 is 5.11 Å². The summed E-state index contributed by atoms with van der Waals surface area (Å²) in [6.07, 6.45) is 8.98. The van der Waals surface area contributed by atoms with Crippen LogP contribution in [-0.2, 0) is 12.8 Å². The molecule has 0 unspecified atom stereocenters. The standard InChI is InChI=1S/C22H29N3O/c1-3-5-7-11-17-15-18(12-8-6-4-2)22(26)21(16-17)25-23-19-13-9-10-14-20(19)24-25/h9-10,13-16,26H,3-8,11-12H2,1-2H3. The molecule has 0 bridgehead atoms. The molecule has 0 saturated heterocycles. The van der Waals surface area contributed by atoms with Gasteiger partial charge in [-0.1, -0.05) is 57.7 Å². The number of benzene rings is 2. The molecule has 0 radical (unpaired) electrons. The first-order valence-corrected chi connectivity index (χ1v) is 9.90. The number of rotatable bonds is 9. The van der Waals surface area contributed by atoms with Gasteiger partial charge in [0.15, 0.2) is 0 Å². The van der Waals surface area contributed by atoms with E-state index in [0.717, 1.165) is 35.9 Å². The second-order valence-corrected chi connectivity index (χ2v) is 7.02. The molecule has 0 saturated carbocycles. The third-order valence-electron chi connectivity index (χ3n) is 4.85. The number of fused-ring (bicyclic) bond motifs is 1. The molecule has 0 aliphatic heterocycles. The number of phenols is 1. The minimum Gasteiger partial charge on any atom is -0.505 e. The Hall–Kier alpha value is -2.36. The lowest BCUT2D eigenvalue weighted by atomic mass is 9.99. The molecule has 1 heterocycles. The summed E-state index contributed by atoms with van der Waals surface area (Å²) in [5.74, 6) is 0.320. The van der Waals surface area contributed by atoms with Crippen LogP contribution >= 0.6 is 0 Å². The maximum Gasteiger partial charge on any atom is 0.146 e. The van der Waals surface area contributed by atoms with Crippen LogP contribution in [0.3, 0.4) is 0 Å². The zero-order valence-electron chi connectivity index (χ0n) is 15.9. The highest BCUT2D eigenvalue weighted by Crippen LogP contribution is 2.30. The van der Waals surface area contributed by atoms with Crippen LogP contribution in [-0.4, -0.2) is 20.1 Å². The van der Waals surface area contributed by atoms with Gasteiger partial charge in [0, 0.05) is 0 Å². The number of aryl methyl sites for hydroxylation is 2. The summed E-state index contributed by atoms with van der Waals surface area (Å²) >= 11 is 0. The number of hydrogen-bond donors (Lipinski definition) is 1. The van der Waals surface area contributed by atoms with Crippen LogP contribution in [0.5, 0.6) is 5.75 Å². The van der Waals surface area contributed by atoms with Crippen molar-refractivity contribution in [2.24, 2.45) is 0 Å². The Kier molecular flexibility index (Phi) is 6.26. The van der Waals surface area contributed by atoms with Gasteiger partial charge in [-0.25, -0.2) is 0 Å². The van der Waals surface area contributed by atoms with Gasteiger partial charge in [-0.2, -0.15) is 0 Å². The number of nitrogens with zero attached hydrogens (tertiary/aromatic N) is 3. The van der Waals surface area contributed by atoms with Crippen molar-refractivity contribution < 1.29 is 5.11 Å². The lowest BCUT2D eigenvalue weighted by Crippen LogP contribution is -2.03. The number of phenolic OH excluding ortho intramolecular Hbond substituents is 1. The van der Waals surface area contributed by atoms with Crippen LogP contribution < -0.4 is 0 Å². The van der Waals surface area contributed by atoms with Crippen molar-refractivity contribution in [3.63, 3.8) is 0 Å². The summed E-state index contributed by atoms with van der Waals surface area (Å²) in [4.78, 5) is 1.59. The molecule has 138 valence electrons. The van der Waals surface area contributed by atoms with E-state index in [1.54, 1.807) is 4.80 Å². The molecule has 1 N–H and O–H groups in total. The topological polar surface area (TPSA) is 50.9 Å². The molecule has 0 aliphatic rings. The number of aromatic nitrogens is 3. The third kappa shape index (κ3) is 4.24. The van der Waals surface area contributed by atoms with E-state index in [1.807, 2.05) is 30.3 Å². The van der Waals surface area contributed by atoms with Gasteiger partial charge in [-0.15, -0.1) is 15.0 Å². The van der Waals surface area contributed by atoms with Crippen molar-refractivity contribution in [1.29, 1.82) is 0 Å². The average molecular weight is 351 g/mol. The van der Waals surface area contributed by atoms with Crippen molar-refractivity contribution in [2.45, 2.75) is 65.2 Å². The van der Waals surface area contributed by atoms with E-state index < -0.39 is 0 Å². The largest absolute Gasteiger partial charge is 0.505 e. The molecule has 3 aromatic rings. The smallest absolute Gasteiger partial charge is 0.146 e. The lowest BCUT2D eigenvalue weighted by Gasteiger charge is -2.12. The molecule has 4 heteroatoms. The maximum atomic E-state index is 10.9. The molecule has 0 atom stereocenters. The lowest BCUT2D eigenvalue weighted by molar-refractivity contribution is 0.458. The fraction of sp³-hybridized carbons (Fsp3) is 0.455. The normalized spacial score (nSPS) is 11.3. The Bertz CT molecular complexity index is 821. The molecule has 2 aromatic carbocycles. The zero-order chi connectivity index (χ0) is 18.4. The van der Waals surface area contributed by atoms with E-state index in [0.29, 0.717) is 11.4 Å². The zero-order valence-corrected chi connectivity index (χ0v) is 15.9. The van der Waals surface area contributed by atoms with Gasteiger partial charge in [0.2, 0.25) is 0 Å². The fourth-order valence-electron chi connectivity index (χ4n) is 3.34. The monoisotopic (exact) mass is 351 g/mol. The van der Waals surface area contributed by atoms with Crippen LogP contribution in [0.2, 0.25) is 0 Å². The molecular formula is C22H29N3O. The molecule has 1 aromatic heterocycles. The summed E-state index contributed by atoms with van der Waals surface area (Å²) in [6.45, 7) is 4.42.